The zero-order valence-electron chi connectivity index (χ0n) is 23.4. The summed E-state index contributed by atoms with van der Waals surface area (Å²) in [6.07, 6.45) is 4.92. The summed E-state index contributed by atoms with van der Waals surface area (Å²) in [7, 11) is 0. The number of carbonyl (C=O) groups excluding carboxylic acids is 1. The van der Waals surface area contributed by atoms with Crippen molar-refractivity contribution in [3.63, 3.8) is 0 Å². The second-order valence-electron chi connectivity index (χ2n) is 11.0. The van der Waals surface area contributed by atoms with Crippen molar-refractivity contribution in [3.05, 3.63) is 86.2 Å². The molecular formula is C29H26ClF3N6O4. The van der Waals surface area contributed by atoms with Gasteiger partial charge >= 0.3 is 0 Å². The molecule has 10 nitrogen and oxygen atoms in total. The van der Waals surface area contributed by atoms with Crippen LogP contribution in [0.5, 0.6) is 11.5 Å². The molecule has 0 saturated heterocycles. The van der Waals surface area contributed by atoms with Gasteiger partial charge in [0.25, 0.3) is 5.56 Å². The summed E-state index contributed by atoms with van der Waals surface area (Å²) in [5, 5.41) is 6.52. The van der Waals surface area contributed by atoms with Gasteiger partial charge in [-0.25, -0.2) is 22.8 Å². The highest BCUT2D eigenvalue weighted by atomic mass is 35.5. The molecule has 0 fully saturated rings. The number of hydrogen-bond donors (Lipinski definition) is 1. The van der Waals surface area contributed by atoms with Gasteiger partial charge in [-0.3, -0.25) is 19.1 Å². The van der Waals surface area contributed by atoms with Gasteiger partial charge in [0, 0.05) is 30.9 Å². The van der Waals surface area contributed by atoms with Crippen molar-refractivity contribution in [2.45, 2.75) is 58.1 Å². The van der Waals surface area contributed by atoms with E-state index in [0.29, 0.717) is 42.6 Å². The summed E-state index contributed by atoms with van der Waals surface area (Å²) in [6, 6.07) is 2.77. The number of amides is 1. The molecule has 1 N–H and O–H groups in total. The van der Waals surface area contributed by atoms with Crippen LogP contribution in [0.1, 0.15) is 62.4 Å². The highest BCUT2D eigenvalue weighted by molar-refractivity contribution is 6.31. The van der Waals surface area contributed by atoms with Crippen molar-refractivity contribution in [1.29, 1.82) is 0 Å². The Labute approximate surface area is 248 Å². The van der Waals surface area contributed by atoms with Crippen LogP contribution in [0.15, 0.2) is 35.5 Å². The summed E-state index contributed by atoms with van der Waals surface area (Å²) in [5.41, 5.74) is -0.834. The Kier molecular flexibility index (Phi) is 7.15. The lowest BCUT2D eigenvalue weighted by Crippen LogP contribution is -2.40. The molecule has 2 aliphatic heterocycles. The van der Waals surface area contributed by atoms with Gasteiger partial charge in [-0.15, -0.1) is 0 Å². The lowest BCUT2D eigenvalue weighted by atomic mass is 10.0. The molecule has 1 amide bonds. The van der Waals surface area contributed by atoms with Gasteiger partial charge in [-0.05, 0) is 45.1 Å². The molecule has 0 saturated carbocycles. The molecule has 0 aliphatic carbocycles. The van der Waals surface area contributed by atoms with E-state index in [4.69, 9.17) is 21.1 Å². The Morgan fingerprint density at radius 1 is 1.16 bits per heavy atom. The minimum atomic E-state index is -1.19. The van der Waals surface area contributed by atoms with E-state index < -0.39 is 40.6 Å². The fourth-order valence-corrected chi connectivity index (χ4v) is 5.68. The molecule has 4 aromatic rings. The first-order valence-electron chi connectivity index (χ1n) is 13.6. The number of aromatic nitrogens is 5. The lowest BCUT2D eigenvalue weighted by Gasteiger charge is -2.23. The first-order chi connectivity index (χ1) is 20.4. The monoisotopic (exact) mass is 614 g/mol. The number of carbonyl (C=O) groups is 1. The third kappa shape index (κ3) is 5.11. The first kappa shape index (κ1) is 28.7. The number of halogens is 4. The molecule has 0 radical (unpaired) electrons. The molecule has 1 atom stereocenters. The van der Waals surface area contributed by atoms with Gasteiger partial charge in [0.05, 0.1) is 23.6 Å². The van der Waals surface area contributed by atoms with E-state index in [-0.39, 0.29) is 40.3 Å². The number of hydrogen-bond acceptors (Lipinski definition) is 7. The minimum absolute atomic E-state index is 0.0359. The molecule has 224 valence electrons. The van der Waals surface area contributed by atoms with Crippen molar-refractivity contribution in [2.24, 2.45) is 0 Å². The van der Waals surface area contributed by atoms with Gasteiger partial charge in [-0.2, -0.15) is 5.10 Å². The molecule has 4 aromatic heterocycles. The maximum Gasteiger partial charge on any atom is 0.278 e. The molecule has 6 rings (SSSR count). The Balaban J connectivity index is 1.44. The zero-order chi connectivity index (χ0) is 30.6. The molecule has 0 aromatic carbocycles. The SMILES string of the molecule is CC(=O)NC(C)(C)c1nn(-c2ncc3c(c2F)-n2c(cc(OC4COc5cc(F)cnc54)c(Cl)c2=O)CCCC3)cc1F. The summed E-state index contributed by atoms with van der Waals surface area (Å²) in [6.45, 7) is 4.46. The van der Waals surface area contributed by atoms with E-state index in [9.17, 15) is 14.0 Å². The molecule has 1 unspecified atom stereocenters. The fraction of sp³-hybridized carbons (Fsp3) is 0.345. The van der Waals surface area contributed by atoms with E-state index in [1.54, 1.807) is 19.9 Å². The van der Waals surface area contributed by atoms with Crippen LogP contribution in [0.25, 0.3) is 11.5 Å². The van der Waals surface area contributed by atoms with Gasteiger partial charge in [0.15, 0.2) is 23.6 Å². The Bertz CT molecular complexity index is 1840. The number of nitrogens with one attached hydrogen (secondary N) is 1. The maximum absolute atomic E-state index is 16.4. The average Bonchev–Trinajstić information content (AvgIpc) is 3.51. The van der Waals surface area contributed by atoms with Gasteiger partial charge < -0.3 is 14.8 Å². The van der Waals surface area contributed by atoms with Crippen LogP contribution in [0.4, 0.5) is 13.2 Å². The van der Waals surface area contributed by atoms with E-state index in [0.717, 1.165) is 17.1 Å². The topological polar surface area (TPSA) is 113 Å². The van der Waals surface area contributed by atoms with E-state index >= 15 is 8.78 Å². The molecule has 43 heavy (non-hydrogen) atoms. The second kappa shape index (κ2) is 10.7. The normalized spacial score (nSPS) is 15.9. The van der Waals surface area contributed by atoms with Crippen molar-refractivity contribution < 1.29 is 27.4 Å². The van der Waals surface area contributed by atoms with E-state index in [2.05, 4.69) is 20.4 Å². The van der Waals surface area contributed by atoms with Crippen molar-refractivity contribution in [2.75, 3.05) is 6.61 Å². The number of ether oxygens (including phenoxy) is 2. The van der Waals surface area contributed by atoms with Crippen molar-refractivity contribution in [1.82, 2.24) is 29.6 Å². The number of fused-ring (bicyclic) bond motifs is 4. The molecular weight excluding hydrogens is 589 g/mol. The van der Waals surface area contributed by atoms with Crippen LogP contribution in [0.3, 0.4) is 0 Å². The molecule has 0 bridgehead atoms. The Hall–Kier alpha value is -4.39. The van der Waals surface area contributed by atoms with Crippen LogP contribution in [-0.2, 0) is 23.2 Å². The summed E-state index contributed by atoms with van der Waals surface area (Å²) < 4.78 is 58.7. The van der Waals surface area contributed by atoms with E-state index in [1.165, 1.54) is 23.8 Å². The predicted molar refractivity (Wildman–Crippen MR) is 148 cm³/mol. The number of pyridine rings is 3. The summed E-state index contributed by atoms with van der Waals surface area (Å²) in [5.74, 6) is -2.67. The smallest absolute Gasteiger partial charge is 0.278 e. The van der Waals surface area contributed by atoms with Crippen LogP contribution >= 0.6 is 11.6 Å². The largest absolute Gasteiger partial charge is 0.487 e. The lowest BCUT2D eigenvalue weighted by molar-refractivity contribution is -0.120. The fourth-order valence-electron chi connectivity index (χ4n) is 5.50. The third-order valence-corrected chi connectivity index (χ3v) is 7.72. The standard InChI is InChI=1S/C29H26ClF3N6O4/c1-14(40)36-29(2,3)26-18(32)12-38(37-26)27-23(33)25-15(10-35-27)6-4-5-7-17-9-19(22(30)28(41)39(17)25)43-21-13-42-20-8-16(31)11-34-24(20)21/h8-12,21H,4-7,13H2,1-3H3,(H,36,40). The number of nitrogens with zero attached hydrogens (tertiary/aromatic N) is 5. The zero-order valence-corrected chi connectivity index (χ0v) is 24.1. The van der Waals surface area contributed by atoms with E-state index in [1.807, 2.05) is 0 Å². The quantitative estimate of drug-likeness (QED) is 0.348. The number of aryl methyl sites for hydroxylation is 2. The van der Waals surface area contributed by atoms with Crippen LogP contribution in [0.2, 0.25) is 5.02 Å². The van der Waals surface area contributed by atoms with Gasteiger partial charge in [0.1, 0.15) is 40.3 Å². The van der Waals surface area contributed by atoms with Crippen LogP contribution in [-0.4, -0.2) is 36.8 Å². The summed E-state index contributed by atoms with van der Waals surface area (Å²) in [4.78, 5) is 33.7. The predicted octanol–water partition coefficient (Wildman–Crippen LogP) is 4.65. The molecule has 0 spiro atoms. The van der Waals surface area contributed by atoms with Gasteiger partial charge in [0.2, 0.25) is 5.91 Å². The Morgan fingerprint density at radius 2 is 1.93 bits per heavy atom. The van der Waals surface area contributed by atoms with Gasteiger partial charge in [-0.1, -0.05) is 11.6 Å². The molecule has 2 aliphatic rings. The van der Waals surface area contributed by atoms with Crippen molar-refractivity contribution in [3.8, 4) is 23.0 Å². The summed E-state index contributed by atoms with van der Waals surface area (Å²) >= 11 is 6.53. The van der Waals surface area contributed by atoms with Crippen LogP contribution in [0, 0.1) is 17.5 Å². The average molecular weight is 615 g/mol. The highest BCUT2D eigenvalue weighted by Gasteiger charge is 2.33. The van der Waals surface area contributed by atoms with Crippen LogP contribution < -0.4 is 20.3 Å². The van der Waals surface area contributed by atoms with Crippen molar-refractivity contribution >= 4 is 17.5 Å². The third-order valence-electron chi connectivity index (χ3n) is 7.38. The second-order valence-corrected chi connectivity index (χ2v) is 11.3. The molecule has 6 heterocycles. The number of rotatable bonds is 5. The minimum Gasteiger partial charge on any atom is -0.487 e. The maximum atomic E-state index is 16.4. The highest BCUT2D eigenvalue weighted by Crippen LogP contribution is 2.37. The Morgan fingerprint density at radius 3 is 2.70 bits per heavy atom. The molecule has 14 heteroatoms. The first-order valence-corrected chi connectivity index (χ1v) is 13.9.